The summed E-state index contributed by atoms with van der Waals surface area (Å²) in [7, 11) is 1.92. The number of hydrogen-bond donors (Lipinski definition) is 2. The van der Waals surface area contributed by atoms with Crippen LogP contribution in [-0.4, -0.2) is 37.5 Å². The third kappa shape index (κ3) is 5.47. The van der Waals surface area contributed by atoms with Crippen molar-refractivity contribution in [1.82, 2.24) is 4.90 Å². The fourth-order valence-corrected chi connectivity index (χ4v) is 1.52. The van der Waals surface area contributed by atoms with E-state index in [4.69, 9.17) is 5.73 Å². The molecule has 1 rings (SSSR count). The van der Waals surface area contributed by atoms with Crippen LogP contribution in [-0.2, 0) is 4.79 Å². The highest BCUT2D eigenvalue weighted by molar-refractivity contribution is 5.92. The van der Waals surface area contributed by atoms with Gasteiger partial charge >= 0.3 is 0 Å². The van der Waals surface area contributed by atoms with Gasteiger partial charge in [-0.05, 0) is 45.6 Å². The highest BCUT2D eigenvalue weighted by Gasteiger charge is 2.06. The summed E-state index contributed by atoms with van der Waals surface area (Å²) in [5, 5.41) is 2.86. The number of nitrogens with zero attached hydrogens (tertiary/aromatic N) is 1. The Balaban J connectivity index is 2.36. The predicted octanol–water partition coefficient (Wildman–Crippen LogP) is 1.21. The molecule has 1 aromatic rings. The monoisotopic (exact) mass is 235 g/mol. The Kier molecular flexibility index (Phi) is 5.66. The lowest BCUT2D eigenvalue weighted by Gasteiger charge is -2.15. The minimum atomic E-state index is 0.00775. The Morgan fingerprint density at radius 1 is 1.35 bits per heavy atom. The molecule has 0 aliphatic heterocycles. The average molecular weight is 235 g/mol. The van der Waals surface area contributed by atoms with Crippen molar-refractivity contribution in [3.8, 4) is 0 Å². The van der Waals surface area contributed by atoms with Crippen LogP contribution in [0.3, 0.4) is 0 Å². The molecule has 0 spiro atoms. The van der Waals surface area contributed by atoms with E-state index in [1.807, 2.05) is 43.1 Å². The Bertz CT molecular complexity index is 348. The molecular weight excluding hydrogens is 214 g/mol. The maximum Gasteiger partial charge on any atom is 0.238 e. The van der Waals surface area contributed by atoms with Crippen LogP contribution in [0.5, 0.6) is 0 Å². The van der Waals surface area contributed by atoms with Crippen LogP contribution in [0.25, 0.3) is 0 Å². The second kappa shape index (κ2) is 7.04. The van der Waals surface area contributed by atoms with E-state index in [0.29, 0.717) is 13.1 Å². The second-order valence-electron chi connectivity index (χ2n) is 4.29. The minimum absolute atomic E-state index is 0.00775. The van der Waals surface area contributed by atoms with Gasteiger partial charge in [-0.1, -0.05) is 17.7 Å². The van der Waals surface area contributed by atoms with Crippen LogP contribution in [0.15, 0.2) is 24.3 Å². The molecule has 4 heteroatoms. The number of nitrogens with two attached hydrogens (primary N) is 1. The number of aryl methyl sites for hydroxylation is 1. The Hall–Kier alpha value is -1.39. The zero-order valence-corrected chi connectivity index (χ0v) is 10.6. The summed E-state index contributed by atoms with van der Waals surface area (Å²) in [6.07, 6.45) is 0.911. The Morgan fingerprint density at radius 3 is 2.59 bits per heavy atom. The van der Waals surface area contributed by atoms with E-state index in [1.54, 1.807) is 0 Å². The van der Waals surface area contributed by atoms with Crippen LogP contribution in [0.1, 0.15) is 12.0 Å². The molecule has 0 bridgehead atoms. The Morgan fingerprint density at radius 2 is 2.00 bits per heavy atom. The molecule has 0 atom stereocenters. The van der Waals surface area contributed by atoms with Gasteiger partial charge in [-0.15, -0.1) is 0 Å². The first-order valence-corrected chi connectivity index (χ1v) is 5.87. The first kappa shape index (κ1) is 13.7. The van der Waals surface area contributed by atoms with Gasteiger partial charge in [0.25, 0.3) is 0 Å². The van der Waals surface area contributed by atoms with Gasteiger partial charge in [-0.25, -0.2) is 0 Å². The van der Waals surface area contributed by atoms with Crippen molar-refractivity contribution in [3.05, 3.63) is 29.8 Å². The molecule has 0 radical (unpaired) electrons. The van der Waals surface area contributed by atoms with E-state index < -0.39 is 0 Å². The first-order chi connectivity index (χ1) is 8.11. The third-order valence-electron chi connectivity index (χ3n) is 2.49. The molecule has 0 saturated heterocycles. The molecule has 0 aromatic heterocycles. The van der Waals surface area contributed by atoms with E-state index in [2.05, 4.69) is 5.32 Å². The van der Waals surface area contributed by atoms with E-state index in [1.165, 1.54) is 5.56 Å². The van der Waals surface area contributed by atoms with Gasteiger partial charge in [0.2, 0.25) is 5.91 Å². The zero-order valence-electron chi connectivity index (χ0n) is 10.6. The van der Waals surface area contributed by atoms with Crippen LogP contribution < -0.4 is 11.1 Å². The normalized spacial score (nSPS) is 10.6. The van der Waals surface area contributed by atoms with Gasteiger partial charge in [0, 0.05) is 5.69 Å². The molecule has 17 heavy (non-hydrogen) atoms. The number of anilines is 1. The number of likely N-dealkylation sites (N-methyl/N-ethyl adjacent to an activating group) is 1. The van der Waals surface area contributed by atoms with Gasteiger partial charge < -0.3 is 11.1 Å². The quantitative estimate of drug-likeness (QED) is 0.779. The fraction of sp³-hybridized carbons (Fsp3) is 0.462. The van der Waals surface area contributed by atoms with Gasteiger partial charge in [0.05, 0.1) is 6.54 Å². The zero-order chi connectivity index (χ0) is 12.7. The number of nitrogens with one attached hydrogen (secondary N) is 1. The molecule has 0 aliphatic rings. The maximum atomic E-state index is 11.7. The average Bonchev–Trinajstić information content (AvgIpc) is 2.29. The summed E-state index contributed by atoms with van der Waals surface area (Å²) in [5.74, 6) is 0.00775. The highest BCUT2D eigenvalue weighted by atomic mass is 16.2. The fourth-order valence-electron chi connectivity index (χ4n) is 1.52. The van der Waals surface area contributed by atoms with Crippen LogP contribution in [0.2, 0.25) is 0 Å². The lowest BCUT2D eigenvalue weighted by molar-refractivity contribution is -0.117. The number of carbonyl (C=O) groups excluding carboxylic acids is 1. The van der Waals surface area contributed by atoms with E-state index in [0.717, 1.165) is 18.7 Å². The summed E-state index contributed by atoms with van der Waals surface area (Å²) in [6, 6.07) is 7.78. The number of carbonyl (C=O) groups is 1. The molecule has 0 unspecified atom stereocenters. The van der Waals surface area contributed by atoms with Gasteiger partial charge in [0.15, 0.2) is 0 Å². The lowest BCUT2D eigenvalue weighted by Crippen LogP contribution is -2.31. The summed E-state index contributed by atoms with van der Waals surface area (Å²) >= 11 is 0. The number of rotatable bonds is 6. The summed E-state index contributed by atoms with van der Waals surface area (Å²) in [6.45, 7) is 3.92. The smallest absolute Gasteiger partial charge is 0.238 e. The molecule has 3 N–H and O–H groups in total. The van der Waals surface area contributed by atoms with E-state index >= 15 is 0 Å². The van der Waals surface area contributed by atoms with Crippen molar-refractivity contribution in [1.29, 1.82) is 0 Å². The number of amides is 1. The van der Waals surface area contributed by atoms with Crippen molar-refractivity contribution in [2.24, 2.45) is 5.73 Å². The van der Waals surface area contributed by atoms with Crippen molar-refractivity contribution in [3.63, 3.8) is 0 Å². The molecule has 0 fully saturated rings. The van der Waals surface area contributed by atoms with Crippen LogP contribution in [0.4, 0.5) is 5.69 Å². The molecule has 4 nitrogen and oxygen atoms in total. The van der Waals surface area contributed by atoms with Gasteiger partial charge in [-0.3, -0.25) is 9.69 Å². The van der Waals surface area contributed by atoms with Crippen molar-refractivity contribution >= 4 is 11.6 Å². The SMILES string of the molecule is Cc1ccc(NC(=O)CN(C)CCCN)cc1. The van der Waals surface area contributed by atoms with Gasteiger partial charge in [0.1, 0.15) is 0 Å². The molecule has 0 aliphatic carbocycles. The Labute approximate surface area is 103 Å². The second-order valence-corrected chi connectivity index (χ2v) is 4.29. The van der Waals surface area contributed by atoms with Crippen LogP contribution >= 0.6 is 0 Å². The highest BCUT2D eigenvalue weighted by Crippen LogP contribution is 2.08. The van der Waals surface area contributed by atoms with E-state index in [-0.39, 0.29) is 5.91 Å². The molecule has 1 amide bonds. The topological polar surface area (TPSA) is 58.4 Å². The van der Waals surface area contributed by atoms with Crippen molar-refractivity contribution in [2.75, 3.05) is 32.0 Å². The molecule has 94 valence electrons. The standard InChI is InChI=1S/C13H21N3O/c1-11-4-6-12(7-5-11)15-13(17)10-16(2)9-3-8-14/h4-7H,3,8-10,14H2,1-2H3,(H,15,17). The summed E-state index contributed by atoms with van der Waals surface area (Å²) < 4.78 is 0. The van der Waals surface area contributed by atoms with Gasteiger partial charge in [-0.2, -0.15) is 0 Å². The largest absolute Gasteiger partial charge is 0.330 e. The third-order valence-corrected chi connectivity index (χ3v) is 2.49. The number of benzene rings is 1. The van der Waals surface area contributed by atoms with Crippen molar-refractivity contribution in [2.45, 2.75) is 13.3 Å². The molecule has 0 saturated carbocycles. The minimum Gasteiger partial charge on any atom is -0.330 e. The molecule has 0 heterocycles. The first-order valence-electron chi connectivity index (χ1n) is 5.87. The maximum absolute atomic E-state index is 11.7. The summed E-state index contributed by atoms with van der Waals surface area (Å²) in [4.78, 5) is 13.7. The molecule has 1 aromatic carbocycles. The van der Waals surface area contributed by atoms with Crippen LogP contribution in [0, 0.1) is 6.92 Å². The lowest BCUT2D eigenvalue weighted by atomic mass is 10.2. The van der Waals surface area contributed by atoms with E-state index in [9.17, 15) is 4.79 Å². The number of hydrogen-bond acceptors (Lipinski definition) is 3. The summed E-state index contributed by atoms with van der Waals surface area (Å²) in [5.41, 5.74) is 7.44. The predicted molar refractivity (Wildman–Crippen MR) is 71.0 cm³/mol. The molecular formula is C13H21N3O. The van der Waals surface area contributed by atoms with Crippen molar-refractivity contribution < 1.29 is 4.79 Å².